The van der Waals surface area contributed by atoms with Crippen LogP contribution in [0.2, 0.25) is 0 Å². The number of hydrogen-bond acceptors (Lipinski definition) is 6. The summed E-state index contributed by atoms with van der Waals surface area (Å²) in [5, 5.41) is 5.27. The van der Waals surface area contributed by atoms with Crippen molar-refractivity contribution in [2.24, 2.45) is 5.10 Å². The van der Waals surface area contributed by atoms with E-state index in [1.54, 1.807) is 49.4 Å². The van der Waals surface area contributed by atoms with E-state index in [2.05, 4.69) is 15.1 Å². The number of benzene rings is 3. The molecule has 6 rings (SSSR count). The van der Waals surface area contributed by atoms with Gasteiger partial charge >= 0.3 is 0 Å². The van der Waals surface area contributed by atoms with Crippen LogP contribution in [0.4, 0.5) is 0 Å². The van der Waals surface area contributed by atoms with Gasteiger partial charge in [-0.05, 0) is 48.9 Å². The molecule has 0 unspecified atom stereocenters. The van der Waals surface area contributed by atoms with Crippen LogP contribution in [-0.4, -0.2) is 44.7 Å². The minimum Gasteiger partial charge on any atom is -0.496 e. The number of H-pyrrole nitrogens is 1. The maximum Gasteiger partial charge on any atom is 0.298 e. The Morgan fingerprint density at radius 1 is 0.973 bits per heavy atom. The highest BCUT2D eigenvalue weighted by Crippen LogP contribution is 2.28. The Morgan fingerprint density at radius 3 is 2.41 bits per heavy atom. The first kappa shape index (κ1) is 22.4. The predicted octanol–water partition coefficient (Wildman–Crippen LogP) is 3.87. The zero-order chi connectivity index (χ0) is 25.7. The van der Waals surface area contributed by atoms with Crippen molar-refractivity contribution in [1.29, 1.82) is 0 Å². The normalized spacial score (nSPS) is 13.3. The van der Waals surface area contributed by atoms with Crippen LogP contribution >= 0.6 is 0 Å². The van der Waals surface area contributed by atoms with Crippen molar-refractivity contribution in [2.75, 3.05) is 7.11 Å². The quantitative estimate of drug-likeness (QED) is 0.296. The zero-order valence-corrected chi connectivity index (χ0v) is 20.1. The molecule has 3 aromatic carbocycles. The zero-order valence-electron chi connectivity index (χ0n) is 20.1. The summed E-state index contributed by atoms with van der Waals surface area (Å²) in [7, 11) is 1.53. The number of para-hydroxylation sites is 1. The van der Waals surface area contributed by atoms with Gasteiger partial charge in [-0.1, -0.05) is 30.3 Å². The summed E-state index contributed by atoms with van der Waals surface area (Å²) in [6, 6.07) is 19.7. The highest BCUT2D eigenvalue weighted by atomic mass is 16.5. The predicted molar refractivity (Wildman–Crippen MR) is 139 cm³/mol. The molecule has 0 spiro atoms. The third-order valence-corrected chi connectivity index (χ3v) is 6.50. The maximum atomic E-state index is 13.2. The molecular formula is C28H21N5O4. The molecule has 9 nitrogen and oxygen atoms in total. The summed E-state index contributed by atoms with van der Waals surface area (Å²) < 4.78 is 6.71. The number of aromatic amines is 1. The molecule has 1 N–H and O–H groups in total. The Bertz CT molecular complexity index is 1800. The number of carbonyl (C=O) groups excluding carboxylic acids is 2. The van der Waals surface area contributed by atoms with E-state index in [1.165, 1.54) is 22.9 Å². The molecule has 3 heterocycles. The molecule has 182 valence electrons. The standard InChI is InChI=1S/C28H21N5O4/c1-16-30-24-21-9-5-6-10-22(21)31-25(24)28(36)33(16)29-14-17-11-12-23(37-2)18(13-17)15-32-26(34)19-7-3-4-8-20(19)27(32)35/h3-14,31H,15H2,1-2H3. The van der Waals surface area contributed by atoms with Gasteiger partial charge in [0.05, 0.1) is 31.0 Å². The van der Waals surface area contributed by atoms with Crippen LogP contribution < -0.4 is 10.3 Å². The Labute approximate surface area is 210 Å². The molecule has 5 aromatic rings. The van der Waals surface area contributed by atoms with Gasteiger partial charge in [-0.25, -0.2) is 4.98 Å². The SMILES string of the molecule is COc1ccc(C=Nn2c(C)nc3c([nH]c4ccccc43)c2=O)cc1CN1C(=O)c2ccccc2C1=O. The summed E-state index contributed by atoms with van der Waals surface area (Å²) in [6.07, 6.45) is 1.54. The molecule has 1 aliphatic rings. The van der Waals surface area contributed by atoms with Gasteiger partial charge < -0.3 is 9.72 Å². The van der Waals surface area contributed by atoms with Gasteiger partial charge in [-0.2, -0.15) is 9.78 Å². The average Bonchev–Trinajstić information content (AvgIpc) is 3.40. The molecule has 0 saturated carbocycles. The molecule has 1 aliphatic heterocycles. The largest absolute Gasteiger partial charge is 0.496 e. The number of carbonyl (C=O) groups is 2. The summed E-state index contributed by atoms with van der Waals surface area (Å²) in [5.74, 6) is 0.282. The third-order valence-electron chi connectivity index (χ3n) is 6.50. The van der Waals surface area contributed by atoms with Gasteiger partial charge in [-0.15, -0.1) is 0 Å². The number of aryl methyl sites for hydroxylation is 1. The number of amides is 2. The average molecular weight is 492 g/mol. The second-order valence-electron chi connectivity index (χ2n) is 8.73. The van der Waals surface area contributed by atoms with Gasteiger partial charge in [0.2, 0.25) is 0 Å². The molecule has 0 fully saturated rings. The molecule has 2 amide bonds. The molecule has 2 aromatic heterocycles. The Kier molecular flexibility index (Phi) is 5.19. The minimum atomic E-state index is -0.346. The van der Waals surface area contributed by atoms with Gasteiger partial charge in [0.1, 0.15) is 22.6 Å². The van der Waals surface area contributed by atoms with Crippen LogP contribution in [0, 0.1) is 6.92 Å². The highest BCUT2D eigenvalue weighted by molar-refractivity contribution is 6.21. The molecule has 9 heteroatoms. The maximum absolute atomic E-state index is 13.2. The van der Waals surface area contributed by atoms with E-state index < -0.39 is 0 Å². The molecule has 0 atom stereocenters. The fraction of sp³-hybridized carbons (Fsp3) is 0.107. The number of nitrogens with zero attached hydrogens (tertiary/aromatic N) is 4. The van der Waals surface area contributed by atoms with Crippen molar-refractivity contribution in [3.05, 3.63) is 105 Å². The first-order chi connectivity index (χ1) is 18.0. The van der Waals surface area contributed by atoms with Crippen LogP contribution in [-0.2, 0) is 6.54 Å². The van der Waals surface area contributed by atoms with E-state index in [1.807, 2.05) is 24.3 Å². The van der Waals surface area contributed by atoms with E-state index in [-0.39, 0.29) is 23.9 Å². The molecule has 0 saturated heterocycles. The fourth-order valence-electron chi connectivity index (χ4n) is 4.68. The lowest BCUT2D eigenvalue weighted by atomic mass is 10.1. The number of hydrogen-bond donors (Lipinski definition) is 1. The Morgan fingerprint density at radius 2 is 1.68 bits per heavy atom. The van der Waals surface area contributed by atoms with Crippen molar-refractivity contribution in [1.82, 2.24) is 19.5 Å². The van der Waals surface area contributed by atoms with Crippen molar-refractivity contribution < 1.29 is 14.3 Å². The smallest absolute Gasteiger partial charge is 0.298 e. The number of rotatable bonds is 5. The first-order valence-corrected chi connectivity index (χ1v) is 11.6. The number of aromatic nitrogens is 3. The van der Waals surface area contributed by atoms with E-state index >= 15 is 0 Å². The second kappa shape index (κ2) is 8.56. The lowest BCUT2D eigenvalue weighted by molar-refractivity contribution is 0.0641. The van der Waals surface area contributed by atoms with Crippen LogP contribution in [0.5, 0.6) is 5.75 Å². The summed E-state index contributed by atoms with van der Waals surface area (Å²) in [4.78, 5) is 47.8. The number of nitrogens with one attached hydrogen (secondary N) is 1. The molecular weight excluding hydrogens is 470 g/mol. The van der Waals surface area contributed by atoms with Crippen LogP contribution in [0.15, 0.2) is 76.6 Å². The number of ether oxygens (including phenoxy) is 1. The van der Waals surface area contributed by atoms with E-state index in [4.69, 9.17) is 4.74 Å². The van der Waals surface area contributed by atoms with Crippen molar-refractivity contribution in [3.8, 4) is 5.75 Å². The van der Waals surface area contributed by atoms with E-state index in [9.17, 15) is 14.4 Å². The third kappa shape index (κ3) is 3.59. The summed E-state index contributed by atoms with van der Waals surface area (Å²) >= 11 is 0. The first-order valence-electron chi connectivity index (χ1n) is 11.6. The van der Waals surface area contributed by atoms with Crippen molar-refractivity contribution >= 4 is 40.0 Å². The monoisotopic (exact) mass is 491 g/mol. The van der Waals surface area contributed by atoms with Crippen LogP contribution in [0.3, 0.4) is 0 Å². The number of methoxy groups -OCH3 is 1. The van der Waals surface area contributed by atoms with Crippen LogP contribution in [0.1, 0.15) is 37.7 Å². The van der Waals surface area contributed by atoms with Gasteiger partial charge in [0.25, 0.3) is 17.4 Å². The van der Waals surface area contributed by atoms with Gasteiger partial charge in [0.15, 0.2) is 0 Å². The van der Waals surface area contributed by atoms with E-state index in [0.717, 1.165) is 10.9 Å². The van der Waals surface area contributed by atoms with Gasteiger partial charge in [-0.3, -0.25) is 19.3 Å². The second-order valence-corrected chi connectivity index (χ2v) is 8.73. The number of fused-ring (bicyclic) bond motifs is 4. The Hall–Kier alpha value is -5.05. The number of imide groups is 1. The van der Waals surface area contributed by atoms with Crippen LogP contribution in [0.25, 0.3) is 21.9 Å². The summed E-state index contributed by atoms with van der Waals surface area (Å²) in [5.41, 5.74) is 3.58. The van der Waals surface area contributed by atoms with Crippen molar-refractivity contribution in [2.45, 2.75) is 13.5 Å². The Balaban J connectivity index is 1.34. The molecule has 0 radical (unpaired) electrons. The van der Waals surface area contributed by atoms with Crippen molar-refractivity contribution in [3.63, 3.8) is 0 Å². The molecule has 0 aliphatic carbocycles. The topological polar surface area (TPSA) is 110 Å². The minimum absolute atomic E-state index is 0.0404. The summed E-state index contributed by atoms with van der Waals surface area (Å²) in [6.45, 7) is 1.76. The van der Waals surface area contributed by atoms with E-state index in [0.29, 0.717) is 44.9 Å². The molecule has 37 heavy (non-hydrogen) atoms. The fourth-order valence-corrected chi connectivity index (χ4v) is 4.68. The highest BCUT2D eigenvalue weighted by Gasteiger charge is 2.35. The lowest BCUT2D eigenvalue weighted by Gasteiger charge is -2.16. The lowest BCUT2D eigenvalue weighted by Crippen LogP contribution is -2.29. The van der Waals surface area contributed by atoms with Gasteiger partial charge in [0, 0.05) is 16.5 Å². The molecule has 0 bridgehead atoms.